The second-order valence-electron chi connectivity index (χ2n) is 5.08. The summed E-state index contributed by atoms with van der Waals surface area (Å²) in [6.07, 6.45) is 5.43. The largest absolute Gasteiger partial charge is 0.420 e. The smallest absolute Gasteiger partial charge is 0.257 e. The Morgan fingerprint density at radius 3 is 2.63 bits per heavy atom. The first-order chi connectivity index (χ1) is 9.31. The van der Waals surface area contributed by atoms with Crippen LogP contribution in [-0.2, 0) is 6.54 Å². The molecule has 1 aliphatic rings. The van der Waals surface area contributed by atoms with Gasteiger partial charge in [-0.3, -0.25) is 4.90 Å². The average Bonchev–Trinajstić information content (AvgIpc) is 2.94. The number of likely N-dealkylation sites (tertiary alicyclic amines) is 1. The Labute approximate surface area is 117 Å². The maximum atomic E-state index is 5.47. The molecule has 19 heavy (non-hydrogen) atoms. The van der Waals surface area contributed by atoms with Gasteiger partial charge < -0.3 is 4.42 Å². The zero-order valence-electron chi connectivity index (χ0n) is 11.3. The minimum absolute atomic E-state index is 0.623. The van der Waals surface area contributed by atoms with E-state index in [0.29, 0.717) is 11.8 Å². The van der Waals surface area contributed by atoms with Crippen LogP contribution in [0.25, 0.3) is 10.8 Å². The number of rotatable bonds is 3. The Morgan fingerprint density at radius 2 is 1.95 bits per heavy atom. The average molecular weight is 277 g/mol. The van der Waals surface area contributed by atoms with Gasteiger partial charge in [0.2, 0.25) is 5.89 Å². The van der Waals surface area contributed by atoms with Crippen LogP contribution in [0, 0.1) is 6.92 Å². The lowest BCUT2D eigenvalue weighted by Gasteiger charge is -2.18. The van der Waals surface area contributed by atoms with Crippen LogP contribution in [-0.4, -0.2) is 28.2 Å². The fourth-order valence-corrected chi connectivity index (χ4v) is 3.46. The first-order valence-corrected chi connectivity index (χ1v) is 7.74. The molecule has 3 heterocycles. The van der Waals surface area contributed by atoms with Crippen LogP contribution in [0.2, 0.25) is 0 Å². The molecule has 102 valence electrons. The molecule has 4 nitrogen and oxygen atoms in total. The third-order valence-electron chi connectivity index (χ3n) is 3.48. The second-order valence-corrected chi connectivity index (χ2v) is 6.25. The Morgan fingerprint density at radius 1 is 1.16 bits per heavy atom. The molecule has 0 aliphatic carbocycles. The molecule has 0 bridgehead atoms. The van der Waals surface area contributed by atoms with Crippen LogP contribution in [0.3, 0.4) is 0 Å². The van der Waals surface area contributed by atoms with Crippen LogP contribution in [0.5, 0.6) is 0 Å². The zero-order valence-corrected chi connectivity index (χ0v) is 12.1. The molecule has 2 aromatic rings. The number of thiophene rings is 1. The number of hydrogen-bond donors (Lipinski definition) is 0. The lowest BCUT2D eigenvalue weighted by Crippen LogP contribution is -2.23. The van der Waals surface area contributed by atoms with E-state index in [-0.39, 0.29) is 0 Å². The van der Waals surface area contributed by atoms with Crippen molar-refractivity contribution in [2.75, 3.05) is 13.1 Å². The molecule has 0 spiro atoms. The van der Waals surface area contributed by atoms with E-state index in [9.17, 15) is 0 Å². The van der Waals surface area contributed by atoms with Gasteiger partial charge in [-0.15, -0.1) is 21.5 Å². The molecule has 0 saturated carbocycles. The molecule has 0 N–H and O–H groups in total. The predicted molar refractivity (Wildman–Crippen MR) is 76.1 cm³/mol. The molecule has 3 rings (SSSR count). The number of aromatic nitrogens is 2. The Balaban J connectivity index is 1.67. The molecule has 1 saturated heterocycles. The monoisotopic (exact) mass is 277 g/mol. The van der Waals surface area contributed by atoms with Gasteiger partial charge in [0.15, 0.2) is 0 Å². The van der Waals surface area contributed by atoms with Crippen LogP contribution < -0.4 is 0 Å². The van der Waals surface area contributed by atoms with Crippen LogP contribution in [0.1, 0.15) is 36.5 Å². The summed E-state index contributed by atoms with van der Waals surface area (Å²) in [6.45, 7) is 5.33. The molecule has 0 aromatic carbocycles. The van der Waals surface area contributed by atoms with Crippen molar-refractivity contribution in [1.82, 2.24) is 15.1 Å². The van der Waals surface area contributed by atoms with Crippen molar-refractivity contribution in [3.63, 3.8) is 0 Å². The fraction of sp³-hybridized carbons (Fsp3) is 0.571. The predicted octanol–water partition coefficient (Wildman–Crippen LogP) is 3.48. The van der Waals surface area contributed by atoms with E-state index >= 15 is 0 Å². The summed E-state index contributed by atoms with van der Waals surface area (Å²) in [5.41, 5.74) is 0. The van der Waals surface area contributed by atoms with Gasteiger partial charge in [-0.2, -0.15) is 0 Å². The molecule has 1 fully saturated rings. The zero-order chi connectivity index (χ0) is 13.1. The lowest BCUT2D eigenvalue weighted by atomic mass is 10.2. The highest BCUT2D eigenvalue weighted by Gasteiger charge is 2.13. The summed E-state index contributed by atoms with van der Waals surface area (Å²) < 4.78 is 5.47. The van der Waals surface area contributed by atoms with E-state index in [2.05, 4.69) is 27.2 Å². The summed E-state index contributed by atoms with van der Waals surface area (Å²) in [7, 11) is 0. The van der Waals surface area contributed by atoms with Crippen LogP contribution in [0.15, 0.2) is 16.5 Å². The summed E-state index contributed by atoms with van der Waals surface area (Å²) in [6, 6.07) is 4.27. The standard InChI is InChI=1S/C14H19N3OS/c1-11-15-16-14(18-11)13-7-6-12(19-13)10-17-8-4-2-3-5-9-17/h6-7H,2-5,8-10H2,1H3. The van der Waals surface area contributed by atoms with Crippen LogP contribution in [0.4, 0.5) is 0 Å². The number of nitrogens with zero attached hydrogens (tertiary/aromatic N) is 3. The minimum atomic E-state index is 0.623. The van der Waals surface area contributed by atoms with E-state index in [1.807, 2.05) is 6.92 Å². The van der Waals surface area contributed by atoms with Crippen molar-refractivity contribution in [3.8, 4) is 10.8 Å². The maximum Gasteiger partial charge on any atom is 0.257 e. The second kappa shape index (κ2) is 5.84. The van der Waals surface area contributed by atoms with Crippen molar-refractivity contribution >= 4 is 11.3 Å². The number of hydrogen-bond acceptors (Lipinski definition) is 5. The number of aryl methyl sites for hydroxylation is 1. The highest BCUT2D eigenvalue weighted by Crippen LogP contribution is 2.28. The Kier molecular flexibility index (Phi) is 3.94. The summed E-state index contributed by atoms with van der Waals surface area (Å²) in [5.74, 6) is 1.27. The van der Waals surface area contributed by atoms with Gasteiger partial charge in [-0.1, -0.05) is 12.8 Å². The highest BCUT2D eigenvalue weighted by molar-refractivity contribution is 7.15. The van der Waals surface area contributed by atoms with Gasteiger partial charge >= 0.3 is 0 Å². The van der Waals surface area contributed by atoms with E-state index < -0.39 is 0 Å². The Bertz CT molecular complexity index is 526. The van der Waals surface area contributed by atoms with Gasteiger partial charge in [0.25, 0.3) is 5.89 Å². The maximum absolute atomic E-state index is 5.47. The molecule has 0 unspecified atom stereocenters. The topological polar surface area (TPSA) is 42.2 Å². The fourth-order valence-electron chi connectivity index (χ4n) is 2.49. The molecule has 5 heteroatoms. The van der Waals surface area contributed by atoms with Crippen molar-refractivity contribution in [3.05, 3.63) is 22.9 Å². The Hall–Kier alpha value is -1.20. The van der Waals surface area contributed by atoms with Gasteiger partial charge in [-0.25, -0.2) is 0 Å². The third-order valence-corrected chi connectivity index (χ3v) is 4.53. The molecule has 1 aliphatic heterocycles. The molecular weight excluding hydrogens is 258 g/mol. The molecule has 0 amide bonds. The molecule has 2 aromatic heterocycles. The van der Waals surface area contributed by atoms with E-state index in [0.717, 1.165) is 11.4 Å². The summed E-state index contributed by atoms with van der Waals surface area (Å²) in [5, 5.41) is 7.95. The molecule has 0 radical (unpaired) electrons. The first-order valence-electron chi connectivity index (χ1n) is 6.93. The van der Waals surface area contributed by atoms with E-state index in [1.165, 1.54) is 43.6 Å². The molecule has 0 atom stereocenters. The van der Waals surface area contributed by atoms with E-state index in [4.69, 9.17) is 4.42 Å². The SMILES string of the molecule is Cc1nnc(-c2ccc(CN3CCCCCC3)s2)o1. The minimum Gasteiger partial charge on any atom is -0.420 e. The third kappa shape index (κ3) is 3.22. The van der Waals surface area contributed by atoms with E-state index in [1.54, 1.807) is 11.3 Å². The van der Waals surface area contributed by atoms with Crippen molar-refractivity contribution in [1.29, 1.82) is 0 Å². The van der Waals surface area contributed by atoms with Crippen molar-refractivity contribution in [2.24, 2.45) is 0 Å². The van der Waals surface area contributed by atoms with Gasteiger partial charge in [0, 0.05) is 18.3 Å². The van der Waals surface area contributed by atoms with Gasteiger partial charge in [0.05, 0.1) is 4.88 Å². The normalized spacial score (nSPS) is 17.5. The first kappa shape index (κ1) is 12.8. The van der Waals surface area contributed by atoms with Gasteiger partial charge in [-0.05, 0) is 38.1 Å². The summed E-state index contributed by atoms with van der Waals surface area (Å²) in [4.78, 5) is 5.01. The van der Waals surface area contributed by atoms with Gasteiger partial charge in [0.1, 0.15) is 0 Å². The lowest BCUT2D eigenvalue weighted by molar-refractivity contribution is 0.279. The van der Waals surface area contributed by atoms with Crippen molar-refractivity contribution < 1.29 is 4.42 Å². The quantitative estimate of drug-likeness (QED) is 0.861. The van der Waals surface area contributed by atoms with Crippen LogP contribution >= 0.6 is 11.3 Å². The highest BCUT2D eigenvalue weighted by atomic mass is 32.1. The summed E-state index contributed by atoms with van der Waals surface area (Å²) >= 11 is 1.76. The van der Waals surface area contributed by atoms with Crippen molar-refractivity contribution in [2.45, 2.75) is 39.2 Å². The molecular formula is C14H19N3OS.